The molecule has 24 heavy (non-hydrogen) atoms. The van der Waals surface area contributed by atoms with Crippen molar-refractivity contribution in [1.82, 2.24) is 9.97 Å². The first kappa shape index (κ1) is 14.9. The second-order valence-corrected chi connectivity index (χ2v) is 6.56. The highest BCUT2D eigenvalue weighted by molar-refractivity contribution is 7.17. The third-order valence-electron chi connectivity index (χ3n) is 4.04. The summed E-state index contributed by atoms with van der Waals surface area (Å²) in [7, 11) is 0. The van der Waals surface area contributed by atoms with Crippen molar-refractivity contribution >= 4 is 32.8 Å². The molecule has 0 unspecified atom stereocenters. The molecule has 0 atom stereocenters. The van der Waals surface area contributed by atoms with Gasteiger partial charge in [-0.3, -0.25) is 4.79 Å². The SMILES string of the molecule is O=C(COC1=CCCC=C1c1cnc[nH]1)c1ccc2ccsc2c1.[HH]. The number of ether oxygens (including phenoxy) is 1. The number of nitrogens with zero attached hydrogens (tertiary/aromatic N) is 1. The van der Waals surface area contributed by atoms with E-state index in [0.717, 1.165) is 40.0 Å². The second kappa shape index (κ2) is 6.45. The minimum absolute atomic E-state index is 0. The van der Waals surface area contributed by atoms with Gasteiger partial charge >= 0.3 is 0 Å². The molecule has 2 heterocycles. The minimum Gasteiger partial charge on any atom is -0.485 e. The predicted octanol–water partition coefficient (Wildman–Crippen LogP) is 4.83. The maximum absolute atomic E-state index is 12.5. The molecule has 0 amide bonds. The molecule has 3 aromatic rings. The van der Waals surface area contributed by atoms with Crippen LogP contribution in [0.1, 0.15) is 30.3 Å². The molecule has 2 aromatic heterocycles. The fraction of sp³-hybridized carbons (Fsp3) is 0.158. The Bertz CT molecular complexity index is 941. The van der Waals surface area contributed by atoms with E-state index in [1.54, 1.807) is 23.9 Å². The van der Waals surface area contributed by atoms with Crippen molar-refractivity contribution in [3.05, 3.63) is 71.3 Å². The largest absolute Gasteiger partial charge is 0.485 e. The smallest absolute Gasteiger partial charge is 0.200 e. The molecule has 0 radical (unpaired) electrons. The summed E-state index contributed by atoms with van der Waals surface area (Å²) < 4.78 is 6.95. The van der Waals surface area contributed by atoms with Crippen LogP contribution in [0.25, 0.3) is 15.7 Å². The summed E-state index contributed by atoms with van der Waals surface area (Å²) in [6.07, 6.45) is 9.44. The fourth-order valence-electron chi connectivity index (χ4n) is 2.79. The molecule has 4 rings (SSSR count). The van der Waals surface area contributed by atoms with Crippen LogP contribution in [0.15, 0.2) is 60.1 Å². The summed E-state index contributed by atoms with van der Waals surface area (Å²) in [4.78, 5) is 19.6. The van der Waals surface area contributed by atoms with Gasteiger partial charge in [-0.2, -0.15) is 0 Å². The van der Waals surface area contributed by atoms with Crippen LogP contribution in [0, 0.1) is 0 Å². The number of H-pyrrole nitrogens is 1. The van der Waals surface area contributed by atoms with E-state index < -0.39 is 0 Å². The number of rotatable bonds is 5. The van der Waals surface area contributed by atoms with Crippen molar-refractivity contribution in [3.63, 3.8) is 0 Å². The number of Topliss-reactive ketones (excluding diaryl/α,β-unsaturated/α-hetero) is 1. The number of ketones is 1. The van der Waals surface area contributed by atoms with E-state index in [0.29, 0.717) is 5.56 Å². The normalized spacial score (nSPS) is 14.3. The van der Waals surface area contributed by atoms with Crippen molar-refractivity contribution in [3.8, 4) is 0 Å². The highest BCUT2D eigenvalue weighted by atomic mass is 32.1. The number of aromatic nitrogens is 2. The lowest BCUT2D eigenvalue weighted by atomic mass is 10.0. The summed E-state index contributed by atoms with van der Waals surface area (Å²) in [5, 5.41) is 3.20. The van der Waals surface area contributed by atoms with Crippen LogP contribution in [0.4, 0.5) is 0 Å². The van der Waals surface area contributed by atoms with Gasteiger partial charge in [-0.1, -0.05) is 18.2 Å². The molecule has 0 bridgehead atoms. The molecule has 0 fully saturated rings. The molecule has 0 saturated heterocycles. The standard InChI is InChI=1S/C19H16N2O2S.H2/c22-17(14-6-5-13-7-8-24-19(13)9-14)11-23-18-4-2-1-3-15(18)16-10-20-12-21-16;/h3-10,12H,1-2,11H2,(H,20,21);1H. The topological polar surface area (TPSA) is 55.0 Å². The molecule has 1 aliphatic rings. The average Bonchev–Trinajstić information content (AvgIpc) is 3.30. The quantitative estimate of drug-likeness (QED) is 0.678. The Balaban J connectivity index is 0.00000182. The maximum atomic E-state index is 12.5. The lowest BCUT2D eigenvalue weighted by molar-refractivity contribution is 0.0872. The Morgan fingerprint density at radius 3 is 3.08 bits per heavy atom. The Morgan fingerprint density at radius 2 is 2.21 bits per heavy atom. The van der Waals surface area contributed by atoms with E-state index in [1.807, 2.05) is 29.7 Å². The van der Waals surface area contributed by atoms with Gasteiger partial charge < -0.3 is 9.72 Å². The van der Waals surface area contributed by atoms with Crippen molar-refractivity contribution in [2.24, 2.45) is 0 Å². The fourth-order valence-corrected chi connectivity index (χ4v) is 3.62. The van der Waals surface area contributed by atoms with E-state index in [-0.39, 0.29) is 13.8 Å². The van der Waals surface area contributed by atoms with Crippen LogP contribution in [-0.4, -0.2) is 22.4 Å². The monoisotopic (exact) mass is 338 g/mol. The van der Waals surface area contributed by atoms with Crippen LogP contribution in [-0.2, 0) is 4.74 Å². The highest BCUT2D eigenvalue weighted by Crippen LogP contribution is 2.28. The van der Waals surface area contributed by atoms with Crippen LogP contribution in [0.3, 0.4) is 0 Å². The molecule has 1 aliphatic carbocycles. The van der Waals surface area contributed by atoms with Crippen molar-refractivity contribution in [2.45, 2.75) is 12.8 Å². The summed E-state index contributed by atoms with van der Waals surface area (Å²) >= 11 is 1.64. The molecule has 4 nitrogen and oxygen atoms in total. The van der Waals surface area contributed by atoms with E-state index in [1.165, 1.54) is 0 Å². The van der Waals surface area contributed by atoms with Gasteiger partial charge in [-0.05, 0) is 41.8 Å². The third kappa shape index (κ3) is 2.90. The summed E-state index contributed by atoms with van der Waals surface area (Å²) in [5.74, 6) is 0.733. The Labute approximate surface area is 145 Å². The van der Waals surface area contributed by atoms with Gasteiger partial charge in [0.1, 0.15) is 5.76 Å². The zero-order valence-corrected chi connectivity index (χ0v) is 13.8. The number of fused-ring (bicyclic) bond motifs is 1. The number of imidazole rings is 1. The minimum atomic E-state index is -0.0132. The van der Waals surface area contributed by atoms with E-state index >= 15 is 0 Å². The molecular weight excluding hydrogens is 320 g/mol. The zero-order valence-electron chi connectivity index (χ0n) is 13.0. The van der Waals surface area contributed by atoms with Gasteiger partial charge in [-0.25, -0.2) is 4.98 Å². The van der Waals surface area contributed by atoms with E-state index in [4.69, 9.17) is 4.74 Å². The molecule has 1 aromatic carbocycles. The number of hydrogen-bond acceptors (Lipinski definition) is 4. The summed E-state index contributed by atoms with van der Waals surface area (Å²) in [5.41, 5.74) is 2.57. The molecule has 5 heteroatoms. The average molecular weight is 338 g/mol. The summed E-state index contributed by atoms with van der Waals surface area (Å²) in [6.45, 7) is 0.0359. The first-order valence-corrected chi connectivity index (χ1v) is 8.72. The Morgan fingerprint density at radius 1 is 1.29 bits per heavy atom. The van der Waals surface area contributed by atoms with Crippen LogP contribution in [0.2, 0.25) is 0 Å². The van der Waals surface area contributed by atoms with Gasteiger partial charge in [-0.15, -0.1) is 11.3 Å². The van der Waals surface area contributed by atoms with Gasteiger partial charge in [0.15, 0.2) is 12.4 Å². The molecular formula is C19H18N2O2S. The Hall–Kier alpha value is -2.66. The number of nitrogens with one attached hydrogen (secondary N) is 1. The van der Waals surface area contributed by atoms with Crippen LogP contribution in [0.5, 0.6) is 0 Å². The summed E-state index contributed by atoms with van der Waals surface area (Å²) in [6, 6.07) is 7.84. The molecule has 0 aliphatic heterocycles. The predicted molar refractivity (Wildman–Crippen MR) is 98.1 cm³/mol. The number of carbonyl (C=O) groups excluding carboxylic acids is 1. The van der Waals surface area contributed by atoms with E-state index in [2.05, 4.69) is 22.1 Å². The number of allylic oxidation sites excluding steroid dienone is 3. The van der Waals surface area contributed by atoms with Gasteiger partial charge in [0.25, 0.3) is 0 Å². The van der Waals surface area contributed by atoms with Crippen molar-refractivity contribution in [1.29, 1.82) is 0 Å². The molecule has 0 saturated carbocycles. The Kier molecular flexibility index (Phi) is 4.01. The number of hydrogen-bond donors (Lipinski definition) is 1. The van der Waals surface area contributed by atoms with Crippen molar-refractivity contribution in [2.75, 3.05) is 6.61 Å². The van der Waals surface area contributed by atoms with Crippen LogP contribution >= 0.6 is 11.3 Å². The second-order valence-electron chi connectivity index (χ2n) is 5.61. The lowest BCUT2D eigenvalue weighted by Crippen LogP contribution is -2.10. The van der Waals surface area contributed by atoms with Gasteiger partial charge in [0, 0.05) is 17.3 Å². The number of benzene rings is 1. The molecule has 122 valence electrons. The lowest BCUT2D eigenvalue weighted by Gasteiger charge is -2.16. The van der Waals surface area contributed by atoms with Crippen molar-refractivity contribution < 1.29 is 11.0 Å². The third-order valence-corrected chi connectivity index (χ3v) is 4.92. The highest BCUT2D eigenvalue weighted by Gasteiger charge is 2.16. The number of thiophene rings is 1. The molecule has 0 spiro atoms. The van der Waals surface area contributed by atoms with Gasteiger partial charge in [0.05, 0.1) is 18.2 Å². The first-order chi connectivity index (χ1) is 11.8. The number of carbonyl (C=O) groups is 1. The molecule has 1 N–H and O–H groups in total. The van der Waals surface area contributed by atoms with Crippen LogP contribution < -0.4 is 0 Å². The first-order valence-electron chi connectivity index (χ1n) is 7.84. The zero-order chi connectivity index (χ0) is 16.4. The van der Waals surface area contributed by atoms with E-state index in [9.17, 15) is 4.79 Å². The number of aromatic amines is 1. The maximum Gasteiger partial charge on any atom is 0.200 e. The van der Waals surface area contributed by atoms with Gasteiger partial charge in [0.2, 0.25) is 0 Å².